The van der Waals surface area contributed by atoms with Crippen molar-refractivity contribution in [3.63, 3.8) is 0 Å². The van der Waals surface area contributed by atoms with Crippen LogP contribution >= 0.6 is 0 Å². The van der Waals surface area contributed by atoms with Crippen LogP contribution in [0.4, 0.5) is 13.2 Å². The van der Waals surface area contributed by atoms with E-state index in [4.69, 9.17) is 0 Å². The number of hydrogen-bond donors (Lipinski definition) is 1. The average molecular weight is 400 g/mol. The Morgan fingerprint density at radius 3 is 2.41 bits per heavy atom. The average Bonchev–Trinajstić information content (AvgIpc) is 3.00. The molecule has 0 saturated heterocycles. The first-order valence-corrected chi connectivity index (χ1v) is 10.2. The molecule has 0 radical (unpaired) electrons. The normalized spacial score (nSPS) is 20.2. The molecule has 1 aliphatic rings. The molecule has 0 fully saturated rings. The van der Waals surface area contributed by atoms with Crippen LogP contribution in [0.2, 0.25) is 0 Å². The van der Waals surface area contributed by atoms with E-state index in [1.807, 2.05) is 43.0 Å². The maximum atomic E-state index is 15.2. The highest BCUT2D eigenvalue weighted by atomic mass is 19.1. The Labute approximate surface area is 169 Å². The highest BCUT2D eigenvalue weighted by Gasteiger charge is 2.40. The number of aryl methyl sites for hydroxylation is 1. The lowest BCUT2D eigenvalue weighted by molar-refractivity contribution is 0.0642. The molecule has 154 valence electrons. The van der Waals surface area contributed by atoms with E-state index in [1.54, 1.807) is 0 Å². The third kappa shape index (κ3) is 3.57. The first-order chi connectivity index (χ1) is 13.7. The zero-order valence-corrected chi connectivity index (χ0v) is 17.3. The topological polar surface area (TPSA) is 19.0 Å². The van der Waals surface area contributed by atoms with Crippen molar-refractivity contribution >= 4 is 10.9 Å². The molecule has 2 atom stereocenters. The van der Waals surface area contributed by atoms with E-state index >= 15 is 8.78 Å². The molecule has 3 aromatic rings. The minimum absolute atomic E-state index is 0.00851. The van der Waals surface area contributed by atoms with Crippen LogP contribution in [0.15, 0.2) is 36.4 Å². The standard InChI is InChI=1S/C24H27F3N2/c1-5-15-11-18(25)21(19(26)12-15)23-22-17(16-8-6-7-9-20(16)28-22)10-14(2)29(23)13-24(3,4)27/h6-9,11-12,14,23,28H,5,10,13H2,1-4H3/t14-,23-/m1/s1. The summed E-state index contributed by atoms with van der Waals surface area (Å²) in [6.07, 6.45) is 1.25. The maximum Gasteiger partial charge on any atom is 0.131 e. The van der Waals surface area contributed by atoms with Crippen LogP contribution in [0, 0.1) is 11.6 Å². The number of benzene rings is 2. The Bertz CT molecular complexity index is 1020. The van der Waals surface area contributed by atoms with Gasteiger partial charge in [0.15, 0.2) is 0 Å². The van der Waals surface area contributed by atoms with Crippen LogP contribution in [0.5, 0.6) is 0 Å². The van der Waals surface area contributed by atoms with Crippen molar-refractivity contribution in [2.24, 2.45) is 0 Å². The van der Waals surface area contributed by atoms with Crippen molar-refractivity contribution in [1.82, 2.24) is 9.88 Å². The number of nitrogens with zero attached hydrogens (tertiary/aromatic N) is 1. The summed E-state index contributed by atoms with van der Waals surface area (Å²) in [5.41, 5.74) is 1.86. The second-order valence-electron chi connectivity index (χ2n) is 8.74. The molecular formula is C24H27F3N2. The van der Waals surface area contributed by atoms with Crippen LogP contribution in [0.25, 0.3) is 10.9 Å². The van der Waals surface area contributed by atoms with Gasteiger partial charge in [0.1, 0.15) is 17.3 Å². The quantitative estimate of drug-likeness (QED) is 0.561. The minimum atomic E-state index is -1.49. The zero-order valence-electron chi connectivity index (χ0n) is 17.3. The maximum absolute atomic E-state index is 15.2. The van der Waals surface area contributed by atoms with Crippen LogP contribution in [-0.4, -0.2) is 28.1 Å². The van der Waals surface area contributed by atoms with Crippen LogP contribution in [0.3, 0.4) is 0 Å². The Morgan fingerprint density at radius 2 is 1.79 bits per heavy atom. The third-order valence-electron chi connectivity index (χ3n) is 5.90. The van der Waals surface area contributed by atoms with Gasteiger partial charge in [-0.2, -0.15) is 0 Å². The monoisotopic (exact) mass is 400 g/mol. The number of rotatable bonds is 4. The van der Waals surface area contributed by atoms with Gasteiger partial charge in [0, 0.05) is 34.7 Å². The van der Waals surface area contributed by atoms with Crippen molar-refractivity contribution in [2.45, 2.75) is 58.3 Å². The van der Waals surface area contributed by atoms with Crippen molar-refractivity contribution in [2.75, 3.05) is 6.54 Å². The smallest absolute Gasteiger partial charge is 0.131 e. The molecule has 5 heteroatoms. The van der Waals surface area contributed by atoms with E-state index in [9.17, 15) is 4.39 Å². The Morgan fingerprint density at radius 1 is 1.14 bits per heavy atom. The number of halogens is 3. The highest BCUT2D eigenvalue weighted by molar-refractivity contribution is 5.85. The van der Waals surface area contributed by atoms with Crippen LogP contribution in [-0.2, 0) is 12.8 Å². The molecule has 4 rings (SSSR count). The Balaban J connectivity index is 1.96. The van der Waals surface area contributed by atoms with Gasteiger partial charge in [0.25, 0.3) is 0 Å². The lowest BCUT2D eigenvalue weighted by atomic mass is 9.87. The predicted molar refractivity (Wildman–Crippen MR) is 111 cm³/mol. The molecule has 29 heavy (non-hydrogen) atoms. The van der Waals surface area contributed by atoms with Gasteiger partial charge in [0.05, 0.1) is 6.04 Å². The zero-order chi connectivity index (χ0) is 20.9. The molecule has 2 aromatic carbocycles. The van der Waals surface area contributed by atoms with Crippen molar-refractivity contribution in [1.29, 1.82) is 0 Å². The molecule has 0 unspecified atom stereocenters. The number of hydrogen-bond acceptors (Lipinski definition) is 1. The predicted octanol–water partition coefficient (Wildman–Crippen LogP) is 6.09. The fourth-order valence-electron chi connectivity index (χ4n) is 4.60. The van der Waals surface area contributed by atoms with Gasteiger partial charge in [-0.1, -0.05) is 25.1 Å². The number of para-hydroxylation sites is 1. The minimum Gasteiger partial charge on any atom is -0.357 e. The highest BCUT2D eigenvalue weighted by Crippen LogP contribution is 2.43. The van der Waals surface area contributed by atoms with Gasteiger partial charge < -0.3 is 4.98 Å². The summed E-state index contributed by atoms with van der Waals surface area (Å²) in [5.74, 6) is -1.15. The van der Waals surface area contributed by atoms with Gasteiger partial charge in [-0.15, -0.1) is 0 Å². The molecule has 1 N–H and O–H groups in total. The Kier molecular flexibility index (Phi) is 4.97. The molecule has 0 amide bonds. The van der Waals surface area contributed by atoms with Gasteiger partial charge in [-0.3, -0.25) is 4.90 Å². The van der Waals surface area contributed by atoms with Crippen molar-refractivity contribution < 1.29 is 13.2 Å². The van der Waals surface area contributed by atoms with E-state index in [-0.39, 0.29) is 18.2 Å². The molecule has 2 nitrogen and oxygen atoms in total. The van der Waals surface area contributed by atoms with Crippen LogP contribution in [0.1, 0.15) is 56.1 Å². The van der Waals surface area contributed by atoms with E-state index in [0.29, 0.717) is 18.4 Å². The number of fused-ring (bicyclic) bond motifs is 3. The first kappa shape index (κ1) is 20.0. The number of H-pyrrole nitrogens is 1. The largest absolute Gasteiger partial charge is 0.357 e. The van der Waals surface area contributed by atoms with Gasteiger partial charge >= 0.3 is 0 Å². The second kappa shape index (κ2) is 7.21. The summed E-state index contributed by atoms with van der Waals surface area (Å²) in [4.78, 5) is 5.28. The van der Waals surface area contributed by atoms with E-state index in [0.717, 1.165) is 22.2 Å². The number of alkyl halides is 1. The summed E-state index contributed by atoms with van der Waals surface area (Å²) in [6.45, 7) is 6.96. The number of nitrogens with one attached hydrogen (secondary N) is 1. The molecule has 0 bridgehead atoms. The molecule has 1 aromatic heterocycles. The summed E-state index contributed by atoms with van der Waals surface area (Å²) in [5, 5.41) is 1.06. The summed E-state index contributed by atoms with van der Waals surface area (Å²) >= 11 is 0. The van der Waals surface area contributed by atoms with Crippen molar-refractivity contribution in [3.8, 4) is 0 Å². The Hall–Kier alpha value is -2.27. The molecule has 0 spiro atoms. The van der Waals surface area contributed by atoms with Gasteiger partial charge in [0.2, 0.25) is 0 Å². The molecule has 2 heterocycles. The van der Waals surface area contributed by atoms with E-state index in [1.165, 1.54) is 26.0 Å². The van der Waals surface area contributed by atoms with Crippen LogP contribution < -0.4 is 0 Å². The molecule has 0 aliphatic carbocycles. The third-order valence-corrected chi connectivity index (χ3v) is 5.90. The molecular weight excluding hydrogens is 373 g/mol. The van der Waals surface area contributed by atoms with E-state index < -0.39 is 23.3 Å². The molecule has 0 saturated carbocycles. The number of aromatic amines is 1. The second-order valence-corrected chi connectivity index (χ2v) is 8.74. The first-order valence-electron chi connectivity index (χ1n) is 10.2. The van der Waals surface area contributed by atoms with Crippen molar-refractivity contribution in [3.05, 3.63) is 70.4 Å². The summed E-state index contributed by atoms with van der Waals surface area (Å²) in [6, 6.07) is 9.92. The summed E-state index contributed by atoms with van der Waals surface area (Å²) < 4.78 is 45.1. The van der Waals surface area contributed by atoms with Gasteiger partial charge in [-0.05, 0) is 62.9 Å². The number of aromatic nitrogens is 1. The SMILES string of the molecule is CCc1cc(F)c([C@@H]2c3[nH]c4ccccc4c3C[C@@H](C)N2CC(C)(C)F)c(F)c1. The molecule has 1 aliphatic heterocycles. The van der Waals surface area contributed by atoms with Gasteiger partial charge in [-0.25, -0.2) is 13.2 Å². The fourth-order valence-corrected chi connectivity index (χ4v) is 4.60. The fraction of sp³-hybridized carbons (Fsp3) is 0.417. The van der Waals surface area contributed by atoms with E-state index in [2.05, 4.69) is 4.98 Å². The lowest BCUT2D eigenvalue weighted by Gasteiger charge is -2.43. The summed E-state index contributed by atoms with van der Waals surface area (Å²) in [7, 11) is 0. The lowest BCUT2D eigenvalue weighted by Crippen LogP contribution is -2.48.